The Morgan fingerprint density at radius 3 is 2.60 bits per heavy atom. The molecule has 0 spiro atoms. The van der Waals surface area contributed by atoms with Crippen molar-refractivity contribution >= 4 is 23.1 Å². The van der Waals surface area contributed by atoms with Crippen LogP contribution in [-0.4, -0.2) is 11.7 Å². The third kappa shape index (κ3) is 4.42. The number of benzene rings is 1. The van der Waals surface area contributed by atoms with Crippen molar-refractivity contribution in [2.75, 3.05) is 6.61 Å². The van der Waals surface area contributed by atoms with E-state index in [1.54, 1.807) is 11.3 Å². The van der Waals surface area contributed by atoms with Gasteiger partial charge in [0.05, 0.1) is 0 Å². The molecule has 0 unspecified atom stereocenters. The van der Waals surface area contributed by atoms with Crippen molar-refractivity contribution < 1.29 is 5.11 Å². The van der Waals surface area contributed by atoms with Crippen molar-refractivity contribution in [2.45, 2.75) is 25.4 Å². The normalized spacial score (nSPS) is 10.2. The molecule has 0 aliphatic carbocycles. The van der Waals surface area contributed by atoms with Gasteiger partial charge in [0.1, 0.15) is 6.61 Å². The standard InChI is InChI=1S/C17H18OS2/c1-13-8-14(2)10-15(9-13)11-19-12-17-16(4-3-6-18)5-7-20-17/h5,7-10,18H,6,11-12H2,1-2H3. The first kappa shape index (κ1) is 15.2. The molecule has 1 heterocycles. The lowest BCUT2D eigenvalue weighted by atomic mass is 10.1. The van der Waals surface area contributed by atoms with E-state index in [1.807, 2.05) is 17.8 Å². The molecule has 0 fully saturated rings. The van der Waals surface area contributed by atoms with Crippen LogP contribution < -0.4 is 0 Å². The number of thioether (sulfide) groups is 1. The van der Waals surface area contributed by atoms with Crippen molar-refractivity contribution in [3.63, 3.8) is 0 Å². The molecule has 2 rings (SSSR count). The highest BCUT2D eigenvalue weighted by molar-refractivity contribution is 7.97. The molecule has 1 nitrogen and oxygen atoms in total. The lowest BCUT2D eigenvalue weighted by Gasteiger charge is -2.05. The van der Waals surface area contributed by atoms with E-state index in [2.05, 4.69) is 49.3 Å². The Kier molecular flexibility index (Phi) is 5.72. The summed E-state index contributed by atoms with van der Waals surface area (Å²) in [5.41, 5.74) is 5.08. The van der Waals surface area contributed by atoms with Gasteiger partial charge in [0.25, 0.3) is 0 Å². The fourth-order valence-corrected chi connectivity index (χ4v) is 4.09. The van der Waals surface area contributed by atoms with E-state index in [-0.39, 0.29) is 6.61 Å². The third-order valence-electron chi connectivity index (χ3n) is 2.83. The number of hydrogen-bond acceptors (Lipinski definition) is 3. The monoisotopic (exact) mass is 302 g/mol. The van der Waals surface area contributed by atoms with Gasteiger partial charge >= 0.3 is 0 Å². The third-order valence-corrected chi connectivity index (χ3v) is 4.96. The fourth-order valence-electron chi connectivity index (χ4n) is 2.11. The molecule has 1 aromatic heterocycles. The summed E-state index contributed by atoms with van der Waals surface area (Å²) in [6, 6.07) is 8.73. The van der Waals surface area contributed by atoms with E-state index < -0.39 is 0 Å². The molecule has 104 valence electrons. The van der Waals surface area contributed by atoms with Crippen LogP contribution in [-0.2, 0) is 11.5 Å². The van der Waals surface area contributed by atoms with E-state index in [9.17, 15) is 0 Å². The minimum Gasteiger partial charge on any atom is -0.384 e. The van der Waals surface area contributed by atoms with E-state index in [4.69, 9.17) is 5.11 Å². The Morgan fingerprint density at radius 1 is 1.15 bits per heavy atom. The Balaban J connectivity index is 1.94. The van der Waals surface area contributed by atoms with Crippen LogP contribution in [0.15, 0.2) is 29.6 Å². The highest BCUT2D eigenvalue weighted by Gasteiger charge is 2.03. The summed E-state index contributed by atoms with van der Waals surface area (Å²) in [6.07, 6.45) is 0. The van der Waals surface area contributed by atoms with Crippen LogP contribution in [0.3, 0.4) is 0 Å². The van der Waals surface area contributed by atoms with Crippen LogP contribution in [0.1, 0.15) is 27.1 Å². The summed E-state index contributed by atoms with van der Waals surface area (Å²) in [4.78, 5) is 1.29. The van der Waals surface area contributed by atoms with Gasteiger partial charge in [-0.2, -0.15) is 11.8 Å². The molecular weight excluding hydrogens is 284 g/mol. The highest BCUT2D eigenvalue weighted by atomic mass is 32.2. The average molecular weight is 302 g/mol. The molecule has 0 aliphatic heterocycles. The Morgan fingerprint density at radius 2 is 1.90 bits per heavy atom. The summed E-state index contributed by atoms with van der Waals surface area (Å²) in [7, 11) is 0. The zero-order valence-corrected chi connectivity index (χ0v) is 13.4. The van der Waals surface area contributed by atoms with Crippen LogP contribution in [0.25, 0.3) is 0 Å². The average Bonchev–Trinajstić information content (AvgIpc) is 2.83. The van der Waals surface area contributed by atoms with Gasteiger partial charge in [-0.05, 0) is 30.9 Å². The van der Waals surface area contributed by atoms with Crippen LogP contribution in [0.4, 0.5) is 0 Å². The smallest absolute Gasteiger partial charge is 0.104 e. The molecule has 0 saturated heterocycles. The molecule has 0 radical (unpaired) electrons. The van der Waals surface area contributed by atoms with Gasteiger partial charge in [-0.25, -0.2) is 0 Å². The molecular formula is C17H18OS2. The van der Waals surface area contributed by atoms with Crippen molar-refractivity contribution in [1.82, 2.24) is 0 Å². The fraction of sp³-hybridized carbons (Fsp3) is 0.294. The first-order chi connectivity index (χ1) is 9.69. The number of rotatable bonds is 4. The number of thiophene rings is 1. The van der Waals surface area contributed by atoms with Gasteiger partial charge in [0.2, 0.25) is 0 Å². The topological polar surface area (TPSA) is 20.2 Å². The Hall–Kier alpha value is -1.21. The molecule has 1 N–H and O–H groups in total. The number of aryl methyl sites for hydroxylation is 2. The lowest BCUT2D eigenvalue weighted by Crippen LogP contribution is -1.87. The van der Waals surface area contributed by atoms with Crippen molar-refractivity contribution in [2.24, 2.45) is 0 Å². The highest BCUT2D eigenvalue weighted by Crippen LogP contribution is 2.25. The lowest BCUT2D eigenvalue weighted by molar-refractivity contribution is 0.350. The largest absolute Gasteiger partial charge is 0.384 e. The van der Waals surface area contributed by atoms with E-state index in [1.165, 1.54) is 21.6 Å². The maximum Gasteiger partial charge on any atom is 0.104 e. The predicted molar refractivity (Wildman–Crippen MR) is 89.2 cm³/mol. The zero-order valence-electron chi connectivity index (χ0n) is 11.8. The molecule has 0 bridgehead atoms. The molecule has 0 saturated carbocycles. The number of aliphatic hydroxyl groups excluding tert-OH is 1. The molecule has 0 atom stereocenters. The van der Waals surface area contributed by atoms with Crippen LogP contribution in [0.2, 0.25) is 0 Å². The summed E-state index contributed by atoms with van der Waals surface area (Å²) in [6.45, 7) is 4.21. The molecule has 3 heteroatoms. The minimum absolute atomic E-state index is 0.0784. The van der Waals surface area contributed by atoms with Gasteiger partial charge in [-0.1, -0.05) is 41.2 Å². The minimum atomic E-state index is -0.0784. The molecule has 2 aromatic rings. The molecule has 20 heavy (non-hydrogen) atoms. The summed E-state index contributed by atoms with van der Waals surface area (Å²) in [5.74, 6) is 7.72. The van der Waals surface area contributed by atoms with Crippen molar-refractivity contribution in [3.05, 3.63) is 56.8 Å². The summed E-state index contributed by atoms with van der Waals surface area (Å²) in [5, 5.41) is 10.8. The molecule has 0 aliphatic rings. The molecule has 0 amide bonds. The van der Waals surface area contributed by atoms with Gasteiger partial charge in [-0.15, -0.1) is 11.3 Å². The zero-order chi connectivity index (χ0) is 14.4. The van der Waals surface area contributed by atoms with Crippen molar-refractivity contribution in [1.29, 1.82) is 0 Å². The van der Waals surface area contributed by atoms with E-state index in [0.29, 0.717) is 0 Å². The first-order valence-electron chi connectivity index (χ1n) is 6.50. The van der Waals surface area contributed by atoms with Crippen LogP contribution in [0, 0.1) is 25.7 Å². The van der Waals surface area contributed by atoms with Gasteiger partial charge in [-0.3, -0.25) is 0 Å². The number of hydrogen-bond donors (Lipinski definition) is 1. The van der Waals surface area contributed by atoms with Gasteiger partial charge in [0, 0.05) is 21.9 Å². The maximum absolute atomic E-state index is 8.76. The quantitative estimate of drug-likeness (QED) is 0.857. The predicted octanol–water partition coefficient (Wildman–Crippen LogP) is 4.14. The number of aliphatic hydroxyl groups is 1. The van der Waals surface area contributed by atoms with Crippen molar-refractivity contribution in [3.8, 4) is 11.8 Å². The summed E-state index contributed by atoms with van der Waals surface area (Å²) >= 11 is 3.65. The second-order valence-electron chi connectivity index (χ2n) is 4.71. The Bertz CT molecular complexity index is 612. The van der Waals surface area contributed by atoms with Crippen LogP contribution in [0.5, 0.6) is 0 Å². The SMILES string of the molecule is Cc1cc(C)cc(CSCc2sccc2C#CCO)c1. The van der Waals surface area contributed by atoms with E-state index in [0.717, 1.165) is 17.1 Å². The second kappa shape index (κ2) is 7.54. The van der Waals surface area contributed by atoms with Gasteiger partial charge < -0.3 is 5.11 Å². The maximum atomic E-state index is 8.76. The second-order valence-corrected chi connectivity index (χ2v) is 6.69. The van der Waals surface area contributed by atoms with Crippen LogP contribution >= 0.6 is 23.1 Å². The van der Waals surface area contributed by atoms with E-state index >= 15 is 0 Å². The molecule has 1 aromatic carbocycles. The Labute approximate surface area is 129 Å². The first-order valence-corrected chi connectivity index (χ1v) is 8.53. The summed E-state index contributed by atoms with van der Waals surface area (Å²) < 4.78 is 0. The van der Waals surface area contributed by atoms with Gasteiger partial charge in [0.15, 0.2) is 0 Å².